The second-order valence-electron chi connectivity index (χ2n) is 5.35. The number of nitrogens with zero attached hydrogens (tertiary/aromatic N) is 2. The molecular weight excluding hydrogens is 320 g/mol. The van der Waals surface area contributed by atoms with E-state index in [-0.39, 0.29) is 5.89 Å². The average Bonchev–Trinajstić information content (AvgIpc) is 3.19. The van der Waals surface area contributed by atoms with Gasteiger partial charge in [0.25, 0.3) is 5.89 Å². The molecule has 0 spiro atoms. The molecule has 1 atom stereocenters. The first-order chi connectivity index (χ1) is 10.4. The minimum absolute atomic E-state index is 0.170. The minimum atomic E-state index is -3.41. The first-order valence-electron chi connectivity index (χ1n) is 7.52. The number of aromatic nitrogens is 2. The van der Waals surface area contributed by atoms with Crippen molar-refractivity contribution in [3.63, 3.8) is 0 Å². The van der Waals surface area contributed by atoms with E-state index < -0.39 is 19.8 Å². The molecule has 0 amide bonds. The summed E-state index contributed by atoms with van der Waals surface area (Å²) in [5.41, 5.74) is 0. The van der Waals surface area contributed by atoms with Crippen LogP contribution < -0.4 is 0 Å². The maximum Gasteiger partial charge on any atom is 0.257 e. The monoisotopic (exact) mass is 342 g/mol. The molecule has 122 valence electrons. The van der Waals surface area contributed by atoms with Crippen LogP contribution in [-0.2, 0) is 9.84 Å². The van der Waals surface area contributed by atoms with Gasteiger partial charge in [0.2, 0.25) is 5.89 Å². The molecule has 0 aromatic carbocycles. The van der Waals surface area contributed by atoms with Gasteiger partial charge < -0.3 is 4.42 Å². The Morgan fingerprint density at radius 1 is 1.23 bits per heavy atom. The van der Waals surface area contributed by atoms with Crippen LogP contribution in [0.5, 0.6) is 0 Å². The Morgan fingerprint density at radius 2 is 1.86 bits per heavy atom. The Labute approximate surface area is 135 Å². The van der Waals surface area contributed by atoms with Gasteiger partial charge in [0.05, 0.1) is 9.62 Å². The third-order valence-electron chi connectivity index (χ3n) is 4.52. The Morgan fingerprint density at radius 3 is 2.36 bits per heavy atom. The summed E-state index contributed by atoms with van der Waals surface area (Å²) in [5.74, 6) is 0.547. The van der Waals surface area contributed by atoms with Crippen LogP contribution >= 0.6 is 11.3 Å². The van der Waals surface area contributed by atoms with Crippen molar-refractivity contribution in [1.29, 1.82) is 0 Å². The molecule has 2 rings (SSSR count). The van der Waals surface area contributed by atoms with Gasteiger partial charge in [-0.05, 0) is 37.6 Å². The van der Waals surface area contributed by atoms with Gasteiger partial charge in [0.15, 0.2) is 9.84 Å². The van der Waals surface area contributed by atoms with Crippen molar-refractivity contribution in [2.45, 2.75) is 57.0 Å². The van der Waals surface area contributed by atoms with Gasteiger partial charge in [0.1, 0.15) is 5.25 Å². The highest BCUT2D eigenvalue weighted by Gasteiger charge is 2.44. The van der Waals surface area contributed by atoms with Crippen LogP contribution in [0.1, 0.15) is 58.1 Å². The highest BCUT2D eigenvalue weighted by molar-refractivity contribution is 7.93. The fraction of sp³-hybridized carbons (Fsp3) is 0.600. The molecule has 22 heavy (non-hydrogen) atoms. The molecule has 2 aromatic heterocycles. The molecular formula is C15H22N2O3S2. The SMILES string of the molecule is CCC(CC)(CC)S(=O)(=O)C(C)c1nnc(-c2cccs2)o1. The molecule has 0 aliphatic heterocycles. The summed E-state index contributed by atoms with van der Waals surface area (Å²) in [5, 5.41) is 9.06. The summed E-state index contributed by atoms with van der Waals surface area (Å²) < 4.78 is 30.9. The first-order valence-corrected chi connectivity index (χ1v) is 9.95. The van der Waals surface area contributed by atoms with Crippen molar-refractivity contribution >= 4 is 21.2 Å². The molecule has 0 N–H and O–H groups in total. The Balaban J connectivity index is 2.37. The van der Waals surface area contributed by atoms with Crippen LogP contribution in [0.15, 0.2) is 21.9 Å². The largest absolute Gasteiger partial charge is 0.419 e. The Hall–Kier alpha value is -1.21. The van der Waals surface area contributed by atoms with Crippen molar-refractivity contribution < 1.29 is 12.8 Å². The van der Waals surface area contributed by atoms with E-state index in [0.717, 1.165) is 4.88 Å². The number of sulfone groups is 1. The first kappa shape index (κ1) is 17.1. The zero-order chi connectivity index (χ0) is 16.4. The van der Waals surface area contributed by atoms with Gasteiger partial charge in [-0.2, -0.15) is 0 Å². The van der Waals surface area contributed by atoms with Gasteiger partial charge in [-0.25, -0.2) is 8.42 Å². The van der Waals surface area contributed by atoms with Gasteiger partial charge in [-0.15, -0.1) is 21.5 Å². The lowest BCUT2D eigenvalue weighted by atomic mass is 9.99. The van der Waals surface area contributed by atoms with Gasteiger partial charge in [-0.1, -0.05) is 26.8 Å². The smallest absolute Gasteiger partial charge is 0.257 e. The lowest BCUT2D eigenvalue weighted by molar-refractivity contribution is 0.444. The summed E-state index contributed by atoms with van der Waals surface area (Å²) >= 11 is 1.48. The molecule has 0 aliphatic carbocycles. The molecule has 1 unspecified atom stereocenters. The molecule has 7 heteroatoms. The lowest BCUT2D eigenvalue weighted by Crippen LogP contribution is -2.39. The van der Waals surface area contributed by atoms with E-state index in [2.05, 4.69) is 10.2 Å². The molecule has 0 fully saturated rings. The standard InChI is InChI=1S/C15H22N2O3S2/c1-5-15(6-2,7-3)22(18,19)11(4)13-16-17-14(20-13)12-9-8-10-21-12/h8-11H,5-7H2,1-4H3. The van der Waals surface area contributed by atoms with Gasteiger partial charge in [0, 0.05) is 0 Å². The summed E-state index contributed by atoms with van der Waals surface area (Å²) in [6.07, 6.45) is 1.75. The maximum atomic E-state index is 13.0. The van der Waals surface area contributed by atoms with E-state index >= 15 is 0 Å². The van der Waals surface area contributed by atoms with Crippen LogP contribution in [0.4, 0.5) is 0 Å². The van der Waals surface area contributed by atoms with E-state index in [1.54, 1.807) is 6.92 Å². The van der Waals surface area contributed by atoms with Crippen molar-refractivity contribution in [3.8, 4) is 10.8 Å². The second kappa shape index (κ2) is 6.50. The molecule has 5 nitrogen and oxygen atoms in total. The van der Waals surface area contributed by atoms with Gasteiger partial charge in [-0.3, -0.25) is 0 Å². The summed E-state index contributed by atoms with van der Waals surface area (Å²) in [4.78, 5) is 0.844. The fourth-order valence-corrected chi connectivity index (χ4v) is 5.72. The molecule has 0 saturated carbocycles. The van der Waals surface area contributed by atoms with E-state index in [9.17, 15) is 8.42 Å². The van der Waals surface area contributed by atoms with Crippen LogP contribution in [0, 0.1) is 0 Å². The Bertz CT molecular complexity index is 693. The van der Waals surface area contributed by atoms with Crippen LogP contribution in [0.25, 0.3) is 10.8 Å². The quantitative estimate of drug-likeness (QED) is 0.752. The second-order valence-corrected chi connectivity index (χ2v) is 8.96. The average molecular weight is 342 g/mol. The number of hydrogen-bond acceptors (Lipinski definition) is 6. The van der Waals surface area contributed by atoms with E-state index in [4.69, 9.17) is 4.42 Å². The normalized spacial score (nSPS) is 14.2. The van der Waals surface area contributed by atoms with Crippen molar-refractivity contribution in [2.24, 2.45) is 0 Å². The highest BCUT2D eigenvalue weighted by atomic mass is 32.2. The van der Waals surface area contributed by atoms with E-state index in [1.807, 2.05) is 38.3 Å². The third-order valence-corrected chi connectivity index (χ3v) is 8.59. The van der Waals surface area contributed by atoms with Crippen LogP contribution in [0.2, 0.25) is 0 Å². The Kier molecular flexibility index (Phi) is 5.07. The summed E-state index contributed by atoms with van der Waals surface area (Å²) in [7, 11) is -3.41. The maximum absolute atomic E-state index is 13.0. The van der Waals surface area contributed by atoms with E-state index in [0.29, 0.717) is 25.2 Å². The third kappa shape index (κ3) is 2.72. The fourth-order valence-electron chi connectivity index (χ4n) is 2.76. The van der Waals surface area contributed by atoms with Crippen LogP contribution in [-0.4, -0.2) is 23.4 Å². The van der Waals surface area contributed by atoms with Gasteiger partial charge >= 0.3 is 0 Å². The summed E-state index contributed by atoms with van der Waals surface area (Å²) in [6, 6.07) is 3.76. The molecule has 0 radical (unpaired) electrons. The molecule has 2 aromatic rings. The number of rotatable bonds is 7. The predicted molar refractivity (Wildman–Crippen MR) is 88.5 cm³/mol. The lowest BCUT2D eigenvalue weighted by Gasteiger charge is -2.32. The van der Waals surface area contributed by atoms with E-state index in [1.165, 1.54) is 11.3 Å². The minimum Gasteiger partial charge on any atom is -0.419 e. The predicted octanol–water partition coefficient (Wildman–Crippen LogP) is 4.24. The highest BCUT2D eigenvalue weighted by Crippen LogP contribution is 2.39. The van der Waals surface area contributed by atoms with Crippen LogP contribution in [0.3, 0.4) is 0 Å². The molecule has 0 saturated heterocycles. The summed E-state index contributed by atoms with van der Waals surface area (Å²) in [6.45, 7) is 7.39. The zero-order valence-electron chi connectivity index (χ0n) is 13.4. The number of hydrogen-bond donors (Lipinski definition) is 0. The topological polar surface area (TPSA) is 73.1 Å². The van der Waals surface area contributed by atoms with Crippen molar-refractivity contribution in [2.75, 3.05) is 0 Å². The zero-order valence-corrected chi connectivity index (χ0v) is 15.0. The molecule has 0 bridgehead atoms. The molecule has 0 aliphatic rings. The number of thiophene rings is 1. The van der Waals surface area contributed by atoms with Crippen molar-refractivity contribution in [1.82, 2.24) is 10.2 Å². The molecule has 2 heterocycles. The van der Waals surface area contributed by atoms with Crippen molar-refractivity contribution in [3.05, 3.63) is 23.4 Å².